The third-order valence-corrected chi connectivity index (χ3v) is 2.47. The lowest BCUT2D eigenvalue weighted by Crippen LogP contribution is -1.87. The highest BCUT2D eigenvalue weighted by Gasteiger charge is 1.99. The molecule has 1 rings (SSSR count). The predicted molar refractivity (Wildman–Crippen MR) is 55.3 cm³/mol. The Morgan fingerprint density at radius 1 is 1.62 bits per heavy atom. The number of H-pyrrole nitrogens is 1. The van der Waals surface area contributed by atoms with E-state index in [1.807, 2.05) is 0 Å². The monoisotopic (exact) mass is 218 g/mol. The van der Waals surface area contributed by atoms with Gasteiger partial charge in [-0.2, -0.15) is 0 Å². The van der Waals surface area contributed by atoms with Gasteiger partial charge in [0.1, 0.15) is 4.88 Å². The van der Waals surface area contributed by atoms with Crippen LogP contribution >= 0.6 is 23.6 Å². The molecule has 0 saturated heterocycles. The summed E-state index contributed by atoms with van der Waals surface area (Å²) < 4.78 is 0.529. The van der Waals surface area contributed by atoms with Gasteiger partial charge >= 0.3 is 0 Å². The summed E-state index contributed by atoms with van der Waals surface area (Å²) in [6.45, 7) is 0.687. The van der Waals surface area contributed by atoms with Gasteiger partial charge in [-0.3, -0.25) is 4.99 Å². The van der Waals surface area contributed by atoms with Gasteiger partial charge in [0, 0.05) is 19.4 Å². The number of nitrogens with one attached hydrogen (secondary N) is 1. The number of rotatable bonds is 4. The molecule has 0 spiro atoms. The summed E-state index contributed by atoms with van der Waals surface area (Å²) in [5.74, 6) is 0.0581. The molecule has 0 bridgehead atoms. The number of hydrogen-bond acceptors (Lipinski definition) is 5. The van der Waals surface area contributed by atoms with Crippen molar-refractivity contribution in [3.05, 3.63) is 8.83 Å². The molecule has 0 aromatic carbocycles. The standard InChI is InChI=1S/C7H10N2O2S2/c10-3-1-2-8-4-5-6(11)9-7(12)13-5/h4,10-11H,1-3H2,(H,9,12). The van der Waals surface area contributed by atoms with Crippen LogP contribution in [0.15, 0.2) is 4.99 Å². The zero-order valence-electron chi connectivity index (χ0n) is 6.86. The summed E-state index contributed by atoms with van der Waals surface area (Å²) in [4.78, 5) is 7.23. The lowest BCUT2D eigenvalue weighted by atomic mass is 10.4. The normalized spacial score (nSPS) is 11.2. The Hall–Kier alpha value is -0.720. The third kappa shape index (κ3) is 3.25. The van der Waals surface area contributed by atoms with E-state index in [1.165, 1.54) is 11.3 Å². The van der Waals surface area contributed by atoms with Crippen molar-refractivity contribution in [3.63, 3.8) is 0 Å². The van der Waals surface area contributed by atoms with Crippen LogP contribution in [0.4, 0.5) is 0 Å². The van der Waals surface area contributed by atoms with E-state index in [4.69, 9.17) is 17.3 Å². The number of aliphatic hydroxyl groups excluding tert-OH is 1. The number of thiazole rings is 1. The van der Waals surface area contributed by atoms with E-state index in [0.29, 0.717) is 21.8 Å². The maximum atomic E-state index is 9.24. The van der Waals surface area contributed by atoms with E-state index < -0.39 is 0 Å². The van der Waals surface area contributed by atoms with E-state index >= 15 is 0 Å². The predicted octanol–water partition coefficient (Wildman–Crippen LogP) is 1.31. The quantitative estimate of drug-likeness (QED) is 0.405. The van der Waals surface area contributed by atoms with Crippen LogP contribution in [0.3, 0.4) is 0 Å². The molecule has 0 unspecified atom stereocenters. The number of hydrogen-bond donors (Lipinski definition) is 3. The summed E-state index contributed by atoms with van der Waals surface area (Å²) in [5.41, 5.74) is 0. The lowest BCUT2D eigenvalue weighted by molar-refractivity contribution is 0.291. The van der Waals surface area contributed by atoms with E-state index in [1.54, 1.807) is 6.21 Å². The smallest absolute Gasteiger partial charge is 0.209 e. The summed E-state index contributed by atoms with van der Waals surface area (Å²) in [6.07, 6.45) is 2.19. The summed E-state index contributed by atoms with van der Waals surface area (Å²) >= 11 is 6.09. The Morgan fingerprint density at radius 3 is 2.92 bits per heavy atom. The molecule has 0 radical (unpaired) electrons. The van der Waals surface area contributed by atoms with Crippen LogP contribution in [0.5, 0.6) is 5.88 Å². The minimum Gasteiger partial charge on any atom is -0.494 e. The van der Waals surface area contributed by atoms with Crippen LogP contribution in [0.2, 0.25) is 0 Å². The van der Waals surface area contributed by atoms with Crippen molar-refractivity contribution < 1.29 is 10.2 Å². The molecule has 0 atom stereocenters. The van der Waals surface area contributed by atoms with Crippen molar-refractivity contribution in [2.24, 2.45) is 4.99 Å². The van der Waals surface area contributed by atoms with Crippen LogP contribution in [0.25, 0.3) is 0 Å². The van der Waals surface area contributed by atoms with Crippen molar-refractivity contribution in [2.45, 2.75) is 6.42 Å². The summed E-state index contributed by atoms with van der Waals surface area (Å²) in [6, 6.07) is 0. The topological polar surface area (TPSA) is 68.6 Å². The number of aromatic hydroxyl groups is 1. The zero-order chi connectivity index (χ0) is 9.68. The zero-order valence-corrected chi connectivity index (χ0v) is 8.49. The van der Waals surface area contributed by atoms with Gasteiger partial charge in [0.2, 0.25) is 5.88 Å². The van der Waals surface area contributed by atoms with Gasteiger partial charge in [-0.05, 0) is 18.6 Å². The molecule has 4 nitrogen and oxygen atoms in total. The van der Waals surface area contributed by atoms with E-state index in [2.05, 4.69) is 9.98 Å². The minimum atomic E-state index is 0.0581. The van der Waals surface area contributed by atoms with Crippen LogP contribution < -0.4 is 0 Å². The Labute approximate surface area is 84.6 Å². The fourth-order valence-electron chi connectivity index (χ4n) is 0.729. The molecule has 72 valence electrons. The van der Waals surface area contributed by atoms with E-state index in [-0.39, 0.29) is 12.5 Å². The van der Waals surface area contributed by atoms with Crippen molar-refractivity contribution >= 4 is 29.8 Å². The van der Waals surface area contributed by atoms with Gasteiger partial charge in [-0.1, -0.05) is 11.3 Å². The van der Waals surface area contributed by atoms with Crippen molar-refractivity contribution in [3.8, 4) is 5.88 Å². The number of aliphatic imine (C=N–C) groups is 1. The highest BCUT2D eigenvalue weighted by Crippen LogP contribution is 2.18. The lowest BCUT2D eigenvalue weighted by Gasteiger charge is -1.88. The van der Waals surface area contributed by atoms with Gasteiger partial charge in [-0.15, -0.1) is 0 Å². The summed E-state index contributed by atoms with van der Waals surface area (Å²) in [5, 5.41) is 17.7. The molecule has 0 aliphatic carbocycles. The molecule has 0 aliphatic heterocycles. The fourth-order valence-corrected chi connectivity index (χ4v) is 1.72. The molecule has 3 N–H and O–H groups in total. The Kier molecular flexibility index (Phi) is 4.07. The molecule has 0 aliphatic rings. The van der Waals surface area contributed by atoms with Crippen molar-refractivity contribution in [2.75, 3.05) is 13.2 Å². The molecule has 1 heterocycles. The van der Waals surface area contributed by atoms with Gasteiger partial charge in [0.05, 0.1) is 0 Å². The van der Waals surface area contributed by atoms with Gasteiger partial charge in [0.25, 0.3) is 0 Å². The van der Waals surface area contributed by atoms with E-state index in [0.717, 1.165) is 0 Å². The highest BCUT2D eigenvalue weighted by atomic mass is 32.1. The molecule has 13 heavy (non-hydrogen) atoms. The molecular formula is C7H10N2O2S2. The van der Waals surface area contributed by atoms with Crippen LogP contribution in [0.1, 0.15) is 11.3 Å². The van der Waals surface area contributed by atoms with Crippen LogP contribution in [-0.2, 0) is 0 Å². The second kappa shape index (κ2) is 5.11. The third-order valence-electron chi connectivity index (χ3n) is 1.31. The number of nitrogens with zero attached hydrogens (tertiary/aromatic N) is 1. The second-order valence-electron chi connectivity index (χ2n) is 2.34. The first-order valence-corrected chi connectivity index (χ1v) is 4.99. The Morgan fingerprint density at radius 2 is 2.38 bits per heavy atom. The van der Waals surface area contributed by atoms with Gasteiger partial charge in [0.15, 0.2) is 3.95 Å². The second-order valence-corrected chi connectivity index (χ2v) is 4.06. The number of aromatic amines is 1. The summed E-state index contributed by atoms with van der Waals surface area (Å²) in [7, 11) is 0. The van der Waals surface area contributed by atoms with Crippen molar-refractivity contribution in [1.82, 2.24) is 4.98 Å². The number of aromatic nitrogens is 1. The Bertz CT molecular complexity index is 343. The average molecular weight is 218 g/mol. The average Bonchev–Trinajstić information content (AvgIpc) is 2.39. The molecule has 6 heteroatoms. The first-order valence-electron chi connectivity index (χ1n) is 3.77. The first kappa shape index (κ1) is 10.4. The van der Waals surface area contributed by atoms with Gasteiger partial charge < -0.3 is 15.2 Å². The molecule has 0 saturated carbocycles. The molecular weight excluding hydrogens is 208 g/mol. The number of aliphatic hydroxyl groups is 1. The molecule has 0 amide bonds. The highest BCUT2D eigenvalue weighted by molar-refractivity contribution is 7.73. The van der Waals surface area contributed by atoms with Crippen molar-refractivity contribution in [1.29, 1.82) is 0 Å². The molecule has 1 aromatic rings. The maximum Gasteiger partial charge on any atom is 0.209 e. The van der Waals surface area contributed by atoms with E-state index in [9.17, 15) is 5.11 Å². The SMILES string of the molecule is OCCCN=Cc1sc(=S)[nH]c1O. The van der Waals surface area contributed by atoms with Crippen LogP contribution in [-0.4, -0.2) is 34.6 Å². The van der Waals surface area contributed by atoms with Gasteiger partial charge in [-0.25, -0.2) is 0 Å². The molecule has 0 fully saturated rings. The van der Waals surface area contributed by atoms with Crippen LogP contribution in [0, 0.1) is 3.95 Å². The largest absolute Gasteiger partial charge is 0.494 e. The fraction of sp³-hybridized carbons (Fsp3) is 0.429. The maximum absolute atomic E-state index is 9.24. The minimum absolute atomic E-state index is 0.0581. The first-order chi connectivity index (χ1) is 6.24. The molecule has 1 aromatic heterocycles. The Balaban J connectivity index is 2.58.